The minimum Gasteiger partial charge on any atom is -0.465 e. The zero-order chi connectivity index (χ0) is 8.97. The van der Waals surface area contributed by atoms with Gasteiger partial charge in [-0.15, -0.1) is 0 Å². The first kappa shape index (κ1) is 9.52. The van der Waals surface area contributed by atoms with E-state index in [1.807, 2.05) is 6.92 Å². The van der Waals surface area contributed by atoms with Crippen LogP contribution in [0.25, 0.3) is 0 Å². The molecule has 1 aliphatic heterocycles. The van der Waals surface area contributed by atoms with Crippen molar-refractivity contribution < 1.29 is 9.53 Å². The molecule has 0 aromatic carbocycles. The van der Waals surface area contributed by atoms with Gasteiger partial charge in [0.15, 0.2) is 0 Å². The van der Waals surface area contributed by atoms with Crippen LogP contribution in [0.1, 0.15) is 33.1 Å². The van der Waals surface area contributed by atoms with Crippen LogP contribution in [0.15, 0.2) is 0 Å². The van der Waals surface area contributed by atoms with Crippen LogP contribution in [-0.4, -0.2) is 24.7 Å². The predicted molar refractivity (Wildman–Crippen MR) is 46.9 cm³/mol. The van der Waals surface area contributed by atoms with Crippen LogP contribution in [0.4, 0.5) is 0 Å². The van der Waals surface area contributed by atoms with Gasteiger partial charge in [0.1, 0.15) is 6.04 Å². The van der Waals surface area contributed by atoms with Crippen molar-refractivity contribution in [3.05, 3.63) is 0 Å². The van der Waals surface area contributed by atoms with Gasteiger partial charge in [-0.3, -0.25) is 4.79 Å². The Hall–Kier alpha value is -0.570. The second-order valence-electron chi connectivity index (χ2n) is 3.37. The van der Waals surface area contributed by atoms with Gasteiger partial charge in [0.2, 0.25) is 0 Å². The molecule has 3 nitrogen and oxygen atoms in total. The van der Waals surface area contributed by atoms with Crippen molar-refractivity contribution in [1.82, 2.24) is 5.32 Å². The van der Waals surface area contributed by atoms with Crippen molar-refractivity contribution in [3.8, 4) is 0 Å². The monoisotopic (exact) mass is 171 g/mol. The molecule has 1 rings (SSSR count). The number of nitrogens with one attached hydrogen (secondary N) is 1. The summed E-state index contributed by atoms with van der Waals surface area (Å²) >= 11 is 0. The van der Waals surface area contributed by atoms with Crippen LogP contribution in [0.2, 0.25) is 0 Å². The molecule has 0 saturated carbocycles. The van der Waals surface area contributed by atoms with E-state index < -0.39 is 0 Å². The van der Waals surface area contributed by atoms with Crippen LogP contribution in [0, 0.1) is 0 Å². The average Bonchev–Trinajstić information content (AvgIpc) is 2.47. The van der Waals surface area contributed by atoms with E-state index in [0.29, 0.717) is 12.6 Å². The van der Waals surface area contributed by atoms with Gasteiger partial charge in [0, 0.05) is 6.04 Å². The molecule has 0 aromatic rings. The molecule has 70 valence electrons. The van der Waals surface area contributed by atoms with Gasteiger partial charge >= 0.3 is 5.97 Å². The first-order chi connectivity index (χ1) is 5.74. The Labute approximate surface area is 73.5 Å². The molecular weight excluding hydrogens is 154 g/mol. The molecule has 0 radical (unpaired) electrons. The van der Waals surface area contributed by atoms with Gasteiger partial charge in [-0.25, -0.2) is 0 Å². The van der Waals surface area contributed by atoms with E-state index in [0.717, 1.165) is 19.3 Å². The molecule has 3 heteroatoms. The van der Waals surface area contributed by atoms with Crippen molar-refractivity contribution >= 4 is 5.97 Å². The van der Waals surface area contributed by atoms with E-state index in [2.05, 4.69) is 12.2 Å². The number of rotatable bonds is 3. The summed E-state index contributed by atoms with van der Waals surface area (Å²) in [4.78, 5) is 11.3. The van der Waals surface area contributed by atoms with Crippen LogP contribution < -0.4 is 5.32 Å². The van der Waals surface area contributed by atoms with Crippen molar-refractivity contribution in [1.29, 1.82) is 0 Å². The molecule has 1 N–H and O–H groups in total. The largest absolute Gasteiger partial charge is 0.465 e. The lowest BCUT2D eigenvalue weighted by Crippen LogP contribution is -2.35. The zero-order valence-electron chi connectivity index (χ0n) is 7.80. The highest BCUT2D eigenvalue weighted by Crippen LogP contribution is 2.12. The molecule has 12 heavy (non-hydrogen) atoms. The lowest BCUT2D eigenvalue weighted by Gasteiger charge is -2.10. The highest BCUT2D eigenvalue weighted by molar-refractivity contribution is 5.76. The molecule has 0 unspecified atom stereocenters. The van der Waals surface area contributed by atoms with Crippen LogP contribution in [0.5, 0.6) is 0 Å². The van der Waals surface area contributed by atoms with Gasteiger partial charge in [-0.1, -0.05) is 6.92 Å². The molecule has 1 saturated heterocycles. The molecule has 0 bridgehead atoms. The number of carbonyl (C=O) groups excluding carboxylic acids is 1. The number of esters is 1. The third-order valence-corrected chi connectivity index (χ3v) is 2.11. The summed E-state index contributed by atoms with van der Waals surface area (Å²) in [6.07, 6.45) is 2.89. The molecule has 0 amide bonds. The highest BCUT2D eigenvalue weighted by atomic mass is 16.5. The number of ether oxygens (including phenoxy) is 1. The maximum Gasteiger partial charge on any atom is 0.323 e. The molecule has 0 aromatic heterocycles. The normalized spacial score (nSPS) is 28.8. The Morgan fingerprint density at radius 1 is 1.58 bits per heavy atom. The summed E-state index contributed by atoms with van der Waals surface area (Å²) in [6.45, 7) is 4.64. The van der Waals surface area contributed by atoms with Gasteiger partial charge in [-0.05, 0) is 26.2 Å². The van der Waals surface area contributed by atoms with E-state index in [-0.39, 0.29) is 12.0 Å². The topological polar surface area (TPSA) is 38.3 Å². The average molecular weight is 171 g/mol. The van der Waals surface area contributed by atoms with Crippen LogP contribution in [0.3, 0.4) is 0 Å². The number of hydrogen-bond donors (Lipinski definition) is 1. The fourth-order valence-electron chi connectivity index (χ4n) is 1.42. The third-order valence-electron chi connectivity index (χ3n) is 2.11. The number of carbonyl (C=O) groups is 1. The standard InChI is InChI=1S/C9H17NO2/c1-3-6-12-9(11)8-5-4-7(2)10-8/h7-8,10H,3-6H2,1-2H3/t7-,8-/m0/s1. The van der Waals surface area contributed by atoms with Crippen molar-refractivity contribution in [2.75, 3.05) is 6.61 Å². The van der Waals surface area contributed by atoms with E-state index in [9.17, 15) is 4.79 Å². The lowest BCUT2D eigenvalue weighted by molar-refractivity contribution is -0.145. The summed E-state index contributed by atoms with van der Waals surface area (Å²) in [5.74, 6) is -0.0822. The molecule has 1 aliphatic rings. The zero-order valence-corrected chi connectivity index (χ0v) is 7.80. The molecule has 1 heterocycles. The van der Waals surface area contributed by atoms with Crippen LogP contribution >= 0.6 is 0 Å². The minimum atomic E-state index is -0.0822. The van der Waals surface area contributed by atoms with Crippen LogP contribution in [-0.2, 0) is 9.53 Å². The molecule has 1 fully saturated rings. The highest BCUT2D eigenvalue weighted by Gasteiger charge is 2.27. The maximum absolute atomic E-state index is 11.3. The van der Waals surface area contributed by atoms with E-state index in [1.165, 1.54) is 0 Å². The van der Waals surface area contributed by atoms with Gasteiger partial charge in [0.05, 0.1) is 6.61 Å². The smallest absolute Gasteiger partial charge is 0.323 e. The SMILES string of the molecule is CCCOC(=O)[C@@H]1CC[C@H](C)N1. The molecule has 0 aliphatic carbocycles. The Balaban J connectivity index is 2.23. The van der Waals surface area contributed by atoms with Gasteiger partial charge in [0.25, 0.3) is 0 Å². The Morgan fingerprint density at radius 2 is 2.33 bits per heavy atom. The molecule has 0 spiro atoms. The first-order valence-electron chi connectivity index (χ1n) is 4.66. The summed E-state index contributed by atoms with van der Waals surface area (Å²) < 4.78 is 5.02. The summed E-state index contributed by atoms with van der Waals surface area (Å²) in [5.41, 5.74) is 0. The van der Waals surface area contributed by atoms with Crippen molar-refractivity contribution in [2.45, 2.75) is 45.2 Å². The predicted octanol–water partition coefficient (Wildman–Crippen LogP) is 1.08. The third kappa shape index (κ3) is 2.48. The fraction of sp³-hybridized carbons (Fsp3) is 0.889. The summed E-state index contributed by atoms with van der Waals surface area (Å²) in [5, 5.41) is 3.19. The van der Waals surface area contributed by atoms with E-state index in [4.69, 9.17) is 4.74 Å². The Bertz CT molecular complexity index is 159. The number of hydrogen-bond acceptors (Lipinski definition) is 3. The first-order valence-corrected chi connectivity index (χ1v) is 4.66. The minimum absolute atomic E-state index is 0.0495. The summed E-state index contributed by atoms with van der Waals surface area (Å²) in [7, 11) is 0. The van der Waals surface area contributed by atoms with Crippen molar-refractivity contribution in [2.24, 2.45) is 0 Å². The fourth-order valence-corrected chi connectivity index (χ4v) is 1.42. The lowest BCUT2D eigenvalue weighted by atomic mass is 10.2. The van der Waals surface area contributed by atoms with E-state index in [1.54, 1.807) is 0 Å². The Kier molecular flexibility index (Phi) is 3.53. The summed E-state index contributed by atoms with van der Waals surface area (Å²) in [6, 6.07) is 0.413. The maximum atomic E-state index is 11.3. The molecule has 2 atom stereocenters. The quantitative estimate of drug-likeness (QED) is 0.646. The van der Waals surface area contributed by atoms with Crippen molar-refractivity contribution in [3.63, 3.8) is 0 Å². The Morgan fingerprint density at radius 3 is 2.83 bits per heavy atom. The second kappa shape index (κ2) is 4.45. The molecular formula is C9H17NO2. The van der Waals surface area contributed by atoms with Gasteiger partial charge < -0.3 is 10.1 Å². The van der Waals surface area contributed by atoms with E-state index >= 15 is 0 Å². The van der Waals surface area contributed by atoms with Gasteiger partial charge in [-0.2, -0.15) is 0 Å². The second-order valence-corrected chi connectivity index (χ2v) is 3.37.